The highest BCUT2D eigenvalue weighted by Gasteiger charge is 2.45. The lowest BCUT2D eigenvalue weighted by Crippen LogP contribution is -2.33. The van der Waals surface area contributed by atoms with E-state index in [4.69, 9.17) is 0 Å². The maximum Gasteiger partial charge on any atom is 0.0380 e. The molecule has 1 saturated carbocycles. The van der Waals surface area contributed by atoms with E-state index < -0.39 is 0 Å². The minimum atomic E-state index is 0.313. The van der Waals surface area contributed by atoms with E-state index in [1.165, 1.54) is 29.5 Å². The minimum Gasteiger partial charge on any atom is -0.306 e. The van der Waals surface area contributed by atoms with E-state index in [1.54, 1.807) is 0 Å². The fourth-order valence-electron chi connectivity index (χ4n) is 3.97. The van der Waals surface area contributed by atoms with Gasteiger partial charge in [0.15, 0.2) is 0 Å². The third kappa shape index (κ3) is 2.30. The lowest BCUT2D eigenvalue weighted by atomic mass is 9.85. The summed E-state index contributed by atoms with van der Waals surface area (Å²) < 4.78 is 0. The predicted molar refractivity (Wildman–Crippen MR) is 87.4 cm³/mol. The number of hydrogen-bond donors (Lipinski definition) is 1. The van der Waals surface area contributed by atoms with Gasteiger partial charge < -0.3 is 5.32 Å². The number of nitrogens with one attached hydrogen (secondary N) is 1. The molecule has 0 aliphatic heterocycles. The van der Waals surface area contributed by atoms with Crippen LogP contribution in [0.15, 0.2) is 54.6 Å². The zero-order chi connectivity index (χ0) is 14.4. The van der Waals surface area contributed by atoms with E-state index in [0.29, 0.717) is 23.4 Å². The average Bonchev–Trinajstić information content (AvgIpc) is 3.20. The van der Waals surface area contributed by atoms with Crippen LogP contribution in [0.25, 0.3) is 0 Å². The van der Waals surface area contributed by atoms with Crippen LogP contribution < -0.4 is 5.32 Å². The van der Waals surface area contributed by atoms with Gasteiger partial charge in [-0.25, -0.2) is 0 Å². The Bertz CT molecular complexity index is 644. The Labute approximate surface area is 127 Å². The molecule has 1 N–H and O–H groups in total. The molecule has 0 heterocycles. The monoisotopic (exact) mass is 277 g/mol. The minimum absolute atomic E-state index is 0.313. The molecule has 108 valence electrons. The van der Waals surface area contributed by atoms with Crippen LogP contribution in [0, 0.1) is 5.41 Å². The number of benzene rings is 2. The van der Waals surface area contributed by atoms with Gasteiger partial charge in [0.05, 0.1) is 0 Å². The third-order valence-corrected chi connectivity index (χ3v) is 5.19. The van der Waals surface area contributed by atoms with E-state index >= 15 is 0 Å². The molecule has 0 aromatic heterocycles. The maximum atomic E-state index is 3.95. The summed E-state index contributed by atoms with van der Waals surface area (Å²) in [6.45, 7) is 4.79. The molecule has 0 spiro atoms. The molecule has 1 nitrogen and oxygen atoms in total. The fourth-order valence-corrected chi connectivity index (χ4v) is 3.97. The predicted octanol–water partition coefficient (Wildman–Crippen LogP) is 4.46. The van der Waals surface area contributed by atoms with Crippen LogP contribution in [0.2, 0.25) is 0 Å². The fraction of sp³-hybridized carbons (Fsp3) is 0.400. The molecule has 2 aromatic carbocycles. The molecule has 0 amide bonds. The first-order valence-corrected chi connectivity index (χ1v) is 8.04. The van der Waals surface area contributed by atoms with E-state index in [0.717, 1.165) is 0 Å². The molecule has 0 saturated heterocycles. The molecule has 3 unspecified atom stereocenters. The van der Waals surface area contributed by atoms with Crippen molar-refractivity contribution in [2.75, 3.05) is 0 Å². The molecule has 4 rings (SSSR count). The summed E-state index contributed by atoms with van der Waals surface area (Å²) in [4.78, 5) is 0. The summed E-state index contributed by atoms with van der Waals surface area (Å²) in [7, 11) is 0. The van der Waals surface area contributed by atoms with Crippen LogP contribution in [0.1, 0.15) is 48.9 Å². The second kappa shape index (κ2) is 4.71. The van der Waals surface area contributed by atoms with Crippen molar-refractivity contribution in [1.82, 2.24) is 5.32 Å². The molecule has 21 heavy (non-hydrogen) atoms. The average molecular weight is 277 g/mol. The molecule has 1 fully saturated rings. The Balaban J connectivity index is 1.53. The number of hydrogen-bond acceptors (Lipinski definition) is 1. The second-order valence-electron chi connectivity index (χ2n) is 7.32. The van der Waals surface area contributed by atoms with E-state index in [1.807, 2.05) is 0 Å². The van der Waals surface area contributed by atoms with Gasteiger partial charge in [-0.15, -0.1) is 0 Å². The first kappa shape index (κ1) is 13.1. The quantitative estimate of drug-likeness (QED) is 0.873. The molecule has 2 aliphatic carbocycles. The van der Waals surface area contributed by atoms with Gasteiger partial charge in [-0.2, -0.15) is 0 Å². The van der Waals surface area contributed by atoms with Gasteiger partial charge in [0, 0.05) is 18.0 Å². The lowest BCUT2D eigenvalue weighted by molar-refractivity contribution is 0.266. The van der Waals surface area contributed by atoms with Crippen LogP contribution in [-0.4, -0.2) is 6.04 Å². The van der Waals surface area contributed by atoms with Gasteiger partial charge in [-0.05, 0) is 34.9 Å². The van der Waals surface area contributed by atoms with Crippen LogP contribution in [0.3, 0.4) is 0 Å². The van der Waals surface area contributed by atoms with Gasteiger partial charge >= 0.3 is 0 Å². The van der Waals surface area contributed by atoms with Crippen molar-refractivity contribution in [1.29, 1.82) is 0 Å². The summed E-state index contributed by atoms with van der Waals surface area (Å²) in [6.07, 6.45) is 2.46. The van der Waals surface area contributed by atoms with Gasteiger partial charge in [-0.1, -0.05) is 68.4 Å². The zero-order valence-corrected chi connectivity index (χ0v) is 12.8. The Morgan fingerprint density at radius 3 is 2.48 bits per heavy atom. The second-order valence-corrected chi connectivity index (χ2v) is 7.32. The molecule has 0 bridgehead atoms. The Morgan fingerprint density at radius 1 is 0.952 bits per heavy atom. The largest absolute Gasteiger partial charge is 0.306 e. The molecule has 0 radical (unpaired) electrons. The van der Waals surface area contributed by atoms with Gasteiger partial charge in [0.25, 0.3) is 0 Å². The summed E-state index contributed by atoms with van der Waals surface area (Å²) in [5, 5.41) is 3.95. The number of fused-ring (bicyclic) bond motifs is 1. The van der Waals surface area contributed by atoms with Crippen molar-refractivity contribution in [3.05, 3.63) is 71.3 Å². The molecular formula is C20H23N. The highest BCUT2D eigenvalue weighted by atomic mass is 15.0. The SMILES string of the molecule is CC1(C)Cc2ccccc2C1NC1CC1c1ccccc1. The van der Waals surface area contributed by atoms with Crippen molar-refractivity contribution in [2.24, 2.45) is 5.41 Å². The third-order valence-electron chi connectivity index (χ3n) is 5.19. The summed E-state index contributed by atoms with van der Waals surface area (Å²) in [5.41, 5.74) is 4.84. The summed E-state index contributed by atoms with van der Waals surface area (Å²) in [5.74, 6) is 0.703. The molecular weight excluding hydrogens is 254 g/mol. The van der Waals surface area contributed by atoms with Gasteiger partial charge in [0.2, 0.25) is 0 Å². The highest BCUT2D eigenvalue weighted by molar-refractivity contribution is 5.38. The Hall–Kier alpha value is -1.60. The molecule has 2 aromatic rings. The molecule has 3 atom stereocenters. The van der Waals surface area contributed by atoms with Crippen molar-refractivity contribution in [2.45, 2.75) is 44.7 Å². The van der Waals surface area contributed by atoms with E-state index in [2.05, 4.69) is 73.8 Å². The molecule has 2 aliphatic rings. The van der Waals surface area contributed by atoms with Crippen LogP contribution in [0.4, 0.5) is 0 Å². The topological polar surface area (TPSA) is 12.0 Å². The normalized spacial score (nSPS) is 29.1. The summed E-state index contributed by atoms with van der Waals surface area (Å²) >= 11 is 0. The van der Waals surface area contributed by atoms with E-state index in [9.17, 15) is 0 Å². The van der Waals surface area contributed by atoms with Crippen LogP contribution in [0.5, 0.6) is 0 Å². The van der Waals surface area contributed by atoms with Crippen molar-refractivity contribution in [3.63, 3.8) is 0 Å². The first-order chi connectivity index (χ1) is 10.1. The number of rotatable bonds is 3. The zero-order valence-electron chi connectivity index (χ0n) is 12.8. The molecule has 1 heteroatoms. The van der Waals surface area contributed by atoms with Crippen molar-refractivity contribution < 1.29 is 0 Å². The smallest absolute Gasteiger partial charge is 0.0380 e. The first-order valence-electron chi connectivity index (χ1n) is 8.04. The van der Waals surface area contributed by atoms with E-state index in [-0.39, 0.29) is 0 Å². The van der Waals surface area contributed by atoms with Crippen molar-refractivity contribution >= 4 is 0 Å². The van der Waals surface area contributed by atoms with Gasteiger partial charge in [0.1, 0.15) is 0 Å². The maximum absolute atomic E-state index is 3.95. The van der Waals surface area contributed by atoms with Crippen LogP contribution in [-0.2, 0) is 6.42 Å². The Morgan fingerprint density at radius 2 is 1.67 bits per heavy atom. The summed E-state index contributed by atoms with van der Waals surface area (Å²) in [6, 6.07) is 21.0. The van der Waals surface area contributed by atoms with Crippen molar-refractivity contribution in [3.8, 4) is 0 Å². The van der Waals surface area contributed by atoms with Crippen LogP contribution >= 0.6 is 0 Å². The van der Waals surface area contributed by atoms with Gasteiger partial charge in [-0.3, -0.25) is 0 Å². The lowest BCUT2D eigenvalue weighted by Gasteiger charge is -2.29. The Kier molecular flexibility index (Phi) is 2.93. The standard InChI is InChI=1S/C20H23N/c1-20(2)13-15-10-6-7-11-16(15)19(20)21-18-12-17(18)14-8-4-3-5-9-14/h3-11,17-19,21H,12-13H2,1-2H3. The highest BCUT2D eigenvalue weighted by Crippen LogP contribution is 2.49.